The van der Waals surface area contributed by atoms with Crippen LogP contribution in [0.4, 0.5) is 0 Å². The van der Waals surface area contributed by atoms with E-state index in [0.29, 0.717) is 22.3 Å². The first-order chi connectivity index (χ1) is 12.9. The zero-order valence-corrected chi connectivity index (χ0v) is 16.7. The molecular formula is C21H27Cl2NO4. The summed E-state index contributed by atoms with van der Waals surface area (Å²) in [6, 6.07) is 14.0. The molecule has 154 valence electrons. The van der Waals surface area contributed by atoms with Gasteiger partial charge < -0.3 is 14.6 Å². The van der Waals surface area contributed by atoms with E-state index in [1.165, 1.54) is 0 Å². The number of hydrogen-bond donors (Lipinski definition) is 1. The third-order valence-electron chi connectivity index (χ3n) is 3.01. The predicted molar refractivity (Wildman–Crippen MR) is 116 cm³/mol. The van der Waals surface area contributed by atoms with E-state index in [-0.39, 0.29) is 20.1 Å². The van der Waals surface area contributed by atoms with Crippen LogP contribution in [0.1, 0.15) is 21.3 Å². The summed E-state index contributed by atoms with van der Waals surface area (Å²) in [4.78, 5) is 14.2. The minimum absolute atomic E-state index is 0. The summed E-state index contributed by atoms with van der Waals surface area (Å²) >= 11 is 11.4. The first-order valence-corrected chi connectivity index (χ1v) is 9.10. The summed E-state index contributed by atoms with van der Waals surface area (Å²) in [6.45, 7) is 4.04. The highest BCUT2D eigenvalue weighted by molar-refractivity contribution is 6.30. The number of nitrogens with zero attached hydrogens (tertiary/aromatic N) is 1. The number of aldehydes is 1. The van der Waals surface area contributed by atoms with Gasteiger partial charge in [-0.1, -0.05) is 30.6 Å². The van der Waals surface area contributed by atoms with Crippen LogP contribution < -0.4 is 9.47 Å². The quantitative estimate of drug-likeness (QED) is 0.469. The van der Waals surface area contributed by atoms with Gasteiger partial charge in [0.05, 0.1) is 13.2 Å². The summed E-state index contributed by atoms with van der Waals surface area (Å²) in [5.74, 6) is 1.40. The molecule has 2 atom stereocenters. The molecule has 2 rings (SSSR count). The molecule has 2 aromatic carbocycles. The Hall–Kier alpha value is -2.08. The summed E-state index contributed by atoms with van der Waals surface area (Å²) in [5.41, 5.74) is 0. The van der Waals surface area contributed by atoms with Gasteiger partial charge in [0.1, 0.15) is 17.6 Å². The highest BCUT2D eigenvalue weighted by Crippen LogP contribution is 2.17. The van der Waals surface area contributed by atoms with Crippen LogP contribution in [0, 0.1) is 0 Å². The standard InChI is InChI=1S/C11H14ClNO2.C9H9ClO2.CH4/c1-9(8-13-6-7-14)15-11-4-2-10(12)3-5-11;1-7(6-11)12-9-4-2-8(10)3-5-9;/h2-5,8-9,14H,6-7H2,1H3;2-7H,1H3;1H4/t9-;7-;/m00./s1. The van der Waals surface area contributed by atoms with E-state index < -0.39 is 6.10 Å². The molecule has 2 aromatic rings. The Balaban J connectivity index is 0.000000514. The van der Waals surface area contributed by atoms with Gasteiger partial charge in [0.25, 0.3) is 0 Å². The molecule has 5 nitrogen and oxygen atoms in total. The zero-order valence-electron chi connectivity index (χ0n) is 15.2. The molecule has 0 fully saturated rings. The lowest BCUT2D eigenvalue weighted by molar-refractivity contribution is -0.113. The lowest BCUT2D eigenvalue weighted by Crippen LogP contribution is -2.13. The molecule has 0 aliphatic heterocycles. The van der Waals surface area contributed by atoms with E-state index >= 15 is 0 Å². The number of rotatable bonds is 8. The Morgan fingerprint density at radius 1 is 0.929 bits per heavy atom. The van der Waals surface area contributed by atoms with Gasteiger partial charge in [0.2, 0.25) is 0 Å². The van der Waals surface area contributed by atoms with Gasteiger partial charge in [-0.15, -0.1) is 0 Å². The number of carbonyl (C=O) groups is 1. The molecule has 0 aliphatic carbocycles. The number of ether oxygens (including phenoxy) is 2. The van der Waals surface area contributed by atoms with Crippen LogP contribution in [0.15, 0.2) is 53.5 Å². The molecule has 28 heavy (non-hydrogen) atoms. The van der Waals surface area contributed by atoms with E-state index in [1.54, 1.807) is 61.7 Å². The van der Waals surface area contributed by atoms with E-state index in [1.807, 2.05) is 6.92 Å². The number of aliphatic imine (C=N–C) groups is 1. The Kier molecular flexibility index (Phi) is 13.8. The van der Waals surface area contributed by atoms with Crippen molar-refractivity contribution < 1.29 is 19.4 Å². The Bertz CT molecular complexity index is 691. The first-order valence-electron chi connectivity index (χ1n) is 8.35. The van der Waals surface area contributed by atoms with Crippen LogP contribution in [-0.2, 0) is 4.79 Å². The molecule has 0 amide bonds. The molecule has 0 saturated heterocycles. The number of aliphatic hydroxyl groups excluding tert-OH is 1. The van der Waals surface area contributed by atoms with Crippen LogP contribution in [0.5, 0.6) is 11.5 Å². The molecule has 0 spiro atoms. The Morgan fingerprint density at radius 2 is 1.36 bits per heavy atom. The molecule has 1 N–H and O–H groups in total. The van der Waals surface area contributed by atoms with Crippen molar-refractivity contribution in [2.75, 3.05) is 13.2 Å². The molecular weight excluding hydrogens is 401 g/mol. The van der Waals surface area contributed by atoms with Crippen molar-refractivity contribution in [2.45, 2.75) is 33.5 Å². The second-order valence-electron chi connectivity index (χ2n) is 5.47. The number of hydrogen-bond acceptors (Lipinski definition) is 5. The van der Waals surface area contributed by atoms with Crippen LogP contribution in [0.3, 0.4) is 0 Å². The van der Waals surface area contributed by atoms with Crippen molar-refractivity contribution in [3.05, 3.63) is 58.6 Å². The van der Waals surface area contributed by atoms with Crippen molar-refractivity contribution in [3.8, 4) is 11.5 Å². The maximum Gasteiger partial charge on any atom is 0.160 e. The van der Waals surface area contributed by atoms with Gasteiger partial charge in [-0.05, 0) is 62.4 Å². The third-order valence-corrected chi connectivity index (χ3v) is 3.51. The molecule has 0 aromatic heterocycles. The molecule has 0 aliphatic rings. The third kappa shape index (κ3) is 11.6. The van der Waals surface area contributed by atoms with E-state index in [4.69, 9.17) is 37.8 Å². The highest BCUT2D eigenvalue weighted by Gasteiger charge is 2.00. The maximum absolute atomic E-state index is 10.2. The Morgan fingerprint density at radius 3 is 1.75 bits per heavy atom. The summed E-state index contributed by atoms with van der Waals surface area (Å²) in [7, 11) is 0. The van der Waals surface area contributed by atoms with Crippen molar-refractivity contribution in [1.29, 1.82) is 0 Å². The fourth-order valence-electron chi connectivity index (χ4n) is 1.79. The average molecular weight is 428 g/mol. The second kappa shape index (κ2) is 14.9. The molecule has 0 radical (unpaired) electrons. The van der Waals surface area contributed by atoms with E-state index in [9.17, 15) is 4.79 Å². The first kappa shape index (κ1) is 25.9. The summed E-state index contributed by atoms with van der Waals surface area (Å²) in [5, 5.41) is 9.87. The van der Waals surface area contributed by atoms with E-state index in [2.05, 4.69) is 4.99 Å². The Labute approximate surface area is 176 Å². The number of halogens is 2. The van der Waals surface area contributed by atoms with Gasteiger partial charge in [0.15, 0.2) is 12.4 Å². The fraction of sp³-hybridized carbons (Fsp3) is 0.333. The lowest BCUT2D eigenvalue weighted by Gasteiger charge is -2.09. The number of aliphatic hydroxyl groups is 1. The van der Waals surface area contributed by atoms with Gasteiger partial charge in [-0.2, -0.15) is 0 Å². The zero-order chi connectivity index (χ0) is 20.1. The summed E-state index contributed by atoms with van der Waals surface area (Å²) in [6.07, 6.45) is 1.89. The van der Waals surface area contributed by atoms with Gasteiger partial charge in [0, 0.05) is 16.3 Å². The minimum Gasteiger partial charge on any atom is -0.485 e. The lowest BCUT2D eigenvalue weighted by atomic mass is 10.3. The molecule has 0 heterocycles. The monoisotopic (exact) mass is 427 g/mol. The van der Waals surface area contributed by atoms with Crippen LogP contribution >= 0.6 is 23.2 Å². The minimum atomic E-state index is -0.411. The molecule has 0 saturated carbocycles. The van der Waals surface area contributed by atoms with Crippen molar-refractivity contribution in [2.24, 2.45) is 4.99 Å². The topological polar surface area (TPSA) is 68.1 Å². The smallest absolute Gasteiger partial charge is 0.160 e. The summed E-state index contributed by atoms with van der Waals surface area (Å²) < 4.78 is 10.7. The fourth-order valence-corrected chi connectivity index (χ4v) is 2.05. The number of benzene rings is 2. The predicted octanol–water partition coefficient (Wildman–Crippen LogP) is 5.11. The van der Waals surface area contributed by atoms with Crippen molar-refractivity contribution in [3.63, 3.8) is 0 Å². The van der Waals surface area contributed by atoms with Gasteiger partial charge >= 0.3 is 0 Å². The maximum atomic E-state index is 10.2. The van der Waals surface area contributed by atoms with Crippen molar-refractivity contribution >= 4 is 35.7 Å². The molecule has 0 bridgehead atoms. The van der Waals surface area contributed by atoms with E-state index in [0.717, 1.165) is 12.0 Å². The molecule has 7 heteroatoms. The normalized spacial score (nSPS) is 12.2. The average Bonchev–Trinajstić information content (AvgIpc) is 2.66. The van der Waals surface area contributed by atoms with Crippen LogP contribution in [0.2, 0.25) is 10.0 Å². The van der Waals surface area contributed by atoms with Crippen molar-refractivity contribution in [1.82, 2.24) is 0 Å². The van der Waals surface area contributed by atoms with Gasteiger partial charge in [-0.3, -0.25) is 9.79 Å². The highest BCUT2D eigenvalue weighted by atomic mass is 35.5. The largest absolute Gasteiger partial charge is 0.485 e. The van der Waals surface area contributed by atoms with Crippen LogP contribution in [0.25, 0.3) is 0 Å². The number of carbonyl (C=O) groups excluding carboxylic acids is 1. The SMILES string of the molecule is C.C[C@@H](C=NCCO)Oc1ccc(Cl)cc1.C[C@@H](C=O)Oc1ccc(Cl)cc1. The second-order valence-corrected chi connectivity index (χ2v) is 6.34. The van der Waals surface area contributed by atoms with Gasteiger partial charge in [-0.25, -0.2) is 0 Å². The molecule has 0 unspecified atom stereocenters. The van der Waals surface area contributed by atoms with Crippen LogP contribution in [-0.4, -0.2) is 43.0 Å².